The SMILES string of the molecule is CCC=N/C=C(\C)CC. The summed E-state index contributed by atoms with van der Waals surface area (Å²) in [5.74, 6) is 0. The van der Waals surface area contributed by atoms with Crippen LogP contribution in [0.3, 0.4) is 0 Å². The van der Waals surface area contributed by atoms with Crippen molar-refractivity contribution in [2.45, 2.75) is 33.6 Å². The first-order chi connectivity index (χ1) is 4.31. The van der Waals surface area contributed by atoms with Crippen LogP contribution < -0.4 is 0 Å². The molecule has 1 nitrogen and oxygen atoms in total. The molecule has 0 atom stereocenters. The van der Waals surface area contributed by atoms with Gasteiger partial charge in [0.05, 0.1) is 0 Å². The summed E-state index contributed by atoms with van der Waals surface area (Å²) in [6.07, 6.45) is 5.96. The van der Waals surface area contributed by atoms with E-state index in [0.29, 0.717) is 0 Å². The molecule has 0 rings (SSSR count). The van der Waals surface area contributed by atoms with E-state index >= 15 is 0 Å². The molecule has 0 aliphatic carbocycles. The third-order valence-corrected chi connectivity index (χ3v) is 1.14. The van der Waals surface area contributed by atoms with Crippen LogP contribution in [0.4, 0.5) is 0 Å². The monoisotopic (exact) mass is 125 g/mol. The lowest BCUT2D eigenvalue weighted by Crippen LogP contribution is -1.69. The zero-order valence-corrected chi connectivity index (χ0v) is 6.52. The summed E-state index contributed by atoms with van der Waals surface area (Å²) in [5, 5.41) is 0. The molecule has 1 heteroatoms. The van der Waals surface area contributed by atoms with Crippen LogP contribution in [0, 0.1) is 0 Å². The molecule has 0 fully saturated rings. The molecule has 52 valence electrons. The van der Waals surface area contributed by atoms with E-state index in [1.165, 1.54) is 5.57 Å². The molecule has 0 aromatic rings. The Kier molecular flexibility index (Phi) is 5.18. The van der Waals surface area contributed by atoms with Gasteiger partial charge in [0.25, 0.3) is 0 Å². The number of hydrogen-bond acceptors (Lipinski definition) is 1. The van der Waals surface area contributed by atoms with E-state index in [0.717, 1.165) is 12.8 Å². The van der Waals surface area contributed by atoms with E-state index in [9.17, 15) is 0 Å². The first-order valence-electron chi connectivity index (χ1n) is 3.48. The maximum Gasteiger partial charge on any atom is 0.0252 e. The van der Waals surface area contributed by atoms with Crippen molar-refractivity contribution in [3.05, 3.63) is 11.8 Å². The Balaban J connectivity index is 3.55. The summed E-state index contributed by atoms with van der Waals surface area (Å²) < 4.78 is 0. The van der Waals surface area contributed by atoms with E-state index in [1.807, 2.05) is 12.4 Å². The predicted molar refractivity (Wildman–Crippen MR) is 42.8 cm³/mol. The van der Waals surface area contributed by atoms with Gasteiger partial charge in [0.2, 0.25) is 0 Å². The van der Waals surface area contributed by atoms with Crippen molar-refractivity contribution in [3.8, 4) is 0 Å². The molecule has 0 aliphatic rings. The Morgan fingerprint density at radius 2 is 2.11 bits per heavy atom. The van der Waals surface area contributed by atoms with Crippen molar-refractivity contribution in [2.75, 3.05) is 0 Å². The Morgan fingerprint density at radius 3 is 2.56 bits per heavy atom. The lowest BCUT2D eigenvalue weighted by atomic mass is 10.3. The Hall–Kier alpha value is -0.590. The smallest absolute Gasteiger partial charge is 0.0252 e. The maximum absolute atomic E-state index is 4.07. The van der Waals surface area contributed by atoms with Gasteiger partial charge < -0.3 is 0 Å². The van der Waals surface area contributed by atoms with Gasteiger partial charge in [0.15, 0.2) is 0 Å². The van der Waals surface area contributed by atoms with Gasteiger partial charge in [-0.2, -0.15) is 0 Å². The minimum atomic E-state index is 1.02. The number of hydrogen-bond donors (Lipinski definition) is 0. The van der Waals surface area contributed by atoms with Crippen molar-refractivity contribution in [2.24, 2.45) is 4.99 Å². The van der Waals surface area contributed by atoms with Crippen LogP contribution in [0.1, 0.15) is 33.6 Å². The number of rotatable bonds is 3. The van der Waals surface area contributed by atoms with Crippen LogP contribution in [0.5, 0.6) is 0 Å². The summed E-state index contributed by atoms with van der Waals surface area (Å²) in [4.78, 5) is 4.07. The van der Waals surface area contributed by atoms with Gasteiger partial charge in [-0.1, -0.05) is 19.4 Å². The molecule has 0 aromatic heterocycles. The lowest BCUT2D eigenvalue weighted by Gasteiger charge is -1.87. The van der Waals surface area contributed by atoms with E-state index in [-0.39, 0.29) is 0 Å². The Bertz CT molecular complexity index is 112. The predicted octanol–water partition coefficient (Wildman–Crippen LogP) is 2.78. The quantitative estimate of drug-likeness (QED) is 0.514. The molecule has 0 spiro atoms. The van der Waals surface area contributed by atoms with Gasteiger partial charge in [-0.15, -0.1) is 0 Å². The van der Waals surface area contributed by atoms with Crippen molar-refractivity contribution in [3.63, 3.8) is 0 Å². The van der Waals surface area contributed by atoms with E-state index < -0.39 is 0 Å². The minimum absolute atomic E-state index is 1.02. The van der Waals surface area contributed by atoms with Crippen molar-refractivity contribution in [1.82, 2.24) is 0 Å². The van der Waals surface area contributed by atoms with Crippen LogP contribution >= 0.6 is 0 Å². The second-order valence-electron chi connectivity index (χ2n) is 2.07. The highest BCUT2D eigenvalue weighted by Gasteiger charge is 1.77. The summed E-state index contributed by atoms with van der Waals surface area (Å²) in [5.41, 5.74) is 1.33. The van der Waals surface area contributed by atoms with Crippen molar-refractivity contribution >= 4 is 6.21 Å². The molecule has 9 heavy (non-hydrogen) atoms. The Labute approximate surface area is 57.5 Å². The molecule has 0 amide bonds. The first kappa shape index (κ1) is 8.41. The van der Waals surface area contributed by atoms with Gasteiger partial charge in [-0.25, -0.2) is 0 Å². The van der Waals surface area contributed by atoms with Crippen LogP contribution in [0.2, 0.25) is 0 Å². The van der Waals surface area contributed by atoms with E-state index in [2.05, 4.69) is 25.8 Å². The van der Waals surface area contributed by atoms with Gasteiger partial charge in [0, 0.05) is 12.4 Å². The highest BCUT2D eigenvalue weighted by atomic mass is 14.7. The zero-order valence-electron chi connectivity index (χ0n) is 6.52. The summed E-state index contributed by atoms with van der Waals surface area (Å²) in [7, 11) is 0. The fraction of sp³-hybridized carbons (Fsp3) is 0.625. The molecule has 0 saturated carbocycles. The van der Waals surface area contributed by atoms with E-state index in [1.54, 1.807) is 0 Å². The first-order valence-corrected chi connectivity index (χ1v) is 3.48. The molecule has 0 aromatic carbocycles. The fourth-order valence-corrected chi connectivity index (χ4v) is 0.377. The van der Waals surface area contributed by atoms with Crippen molar-refractivity contribution in [1.29, 1.82) is 0 Å². The second-order valence-corrected chi connectivity index (χ2v) is 2.07. The summed E-state index contributed by atoms with van der Waals surface area (Å²) >= 11 is 0. The summed E-state index contributed by atoms with van der Waals surface area (Å²) in [6, 6.07) is 0. The third kappa shape index (κ3) is 5.28. The largest absolute Gasteiger partial charge is 0.269 e. The molecule has 0 saturated heterocycles. The van der Waals surface area contributed by atoms with Gasteiger partial charge in [-0.3, -0.25) is 4.99 Å². The van der Waals surface area contributed by atoms with Crippen LogP contribution in [-0.4, -0.2) is 6.21 Å². The standard InChI is InChI=1S/C8H15N/c1-4-6-9-7-8(3)5-2/h6-7H,4-5H2,1-3H3/b8-7+,9-6?. The average molecular weight is 125 g/mol. The van der Waals surface area contributed by atoms with Gasteiger partial charge in [0.1, 0.15) is 0 Å². The molecule has 0 aliphatic heterocycles. The second kappa shape index (κ2) is 5.54. The number of allylic oxidation sites excluding steroid dienone is 1. The number of aliphatic imine (C=N–C) groups is 1. The molecule has 0 unspecified atom stereocenters. The average Bonchev–Trinajstić information content (AvgIpc) is 1.89. The topological polar surface area (TPSA) is 12.4 Å². The lowest BCUT2D eigenvalue weighted by molar-refractivity contribution is 1.09. The molecule has 0 radical (unpaired) electrons. The zero-order chi connectivity index (χ0) is 7.11. The van der Waals surface area contributed by atoms with Crippen LogP contribution in [-0.2, 0) is 0 Å². The summed E-state index contributed by atoms with van der Waals surface area (Å²) in [6.45, 7) is 6.30. The normalized spacial score (nSPS) is 13.0. The molecular weight excluding hydrogens is 110 g/mol. The third-order valence-electron chi connectivity index (χ3n) is 1.14. The number of nitrogens with zero attached hydrogens (tertiary/aromatic N) is 1. The minimum Gasteiger partial charge on any atom is -0.269 e. The van der Waals surface area contributed by atoms with Crippen LogP contribution in [0.15, 0.2) is 16.8 Å². The molecule has 0 N–H and O–H groups in total. The van der Waals surface area contributed by atoms with Crippen molar-refractivity contribution < 1.29 is 0 Å². The highest BCUT2D eigenvalue weighted by Crippen LogP contribution is 1.96. The molecule has 0 heterocycles. The molecule has 0 bridgehead atoms. The van der Waals surface area contributed by atoms with Crippen LogP contribution in [0.25, 0.3) is 0 Å². The van der Waals surface area contributed by atoms with Gasteiger partial charge >= 0.3 is 0 Å². The fourth-order valence-electron chi connectivity index (χ4n) is 0.377. The van der Waals surface area contributed by atoms with Gasteiger partial charge in [-0.05, 0) is 19.8 Å². The maximum atomic E-state index is 4.07. The Morgan fingerprint density at radius 1 is 1.44 bits per heavy atom. The highest BCUT2D eigenvalue weighted by molar-refractivity contribution is 5.57. The van der Waals surface area contributed by atoms with E-state index in [4.69, 9.17) is 0 Å². The molecular formula is C8H15N.